The van der Waals surface area contributed by atoms with Crippen LogP contribution in [0, 0.1) is 0 Å². The number of carbonyl (C=O) groups is 2. The molecule has 0 saturated carbocycles. The maximum Gasteiger partial charge on any atom is 0.335 e. The number of carboxylic acids is 1. The number of rotatable bonds is 6. The number of carboxylic acid groups (broad SMARTS) is 1. The van der Waals surface area contributed by atoms with Gasteiger partial charge in [-0.15, -0.1) is 0 Å². The first kappa shape index (κ1) is 16.5. The van der Waals surface area contributed by atoms with E-state index in [1.54, 1.807) is 6.92 Å². The highest BCUT2D eigenvalue weighted by molar-refractivity contribution is 7.84. The maximum absolute atomic E-state index is 11.6. The van der Waals surface area contributed by atoms with E-state index in [0.717, 1.165) is 0 Å². The third-order valence-corrected chi connectivity index (χ3v) is 3.86. The van der Waals surface area contributed by atoms with Gasteiger partial charge < -0.3 is 15.7 Å². The molecular weight excluding hydrogens is 304 g/mol. The van der Waals surface area contributed by atoms with Gasteiger partial charge in [0.15, 0.2) is 0 Å². The van der Waals surface area contributed by atoms with Gasteiger partial charge in [0.1, 0.15) is 0 Å². The SMILES string of the molecule is CCS(=O)CCNC(=O)Nc1cc(Cl)cc(C(=O)O)c1. The van der Waals surface area contributed by atoms with Crippen molar-refractivity contribution in [2.75, 3.05) is 23.4 Å². The highest BCUT2D eigenvalue weighted by Gasteiger charge is 2.08. The van der Waals surface area contributed by atoms with Crippen molar-refractivity contribution in [3.05, 3.63) is 28.8 Å². The lowest BCUT2D eigenvalue weighted by atomic mass is 10.2. The van der Waals surface area contributed by atoms with Crippen molar-refractivity contribution in [3.8, 4) is 0 Å². The summed E-state index contributed by atoms with van der Waals surface area (Å²) in [5, 5.41) is 14.1. The highest BCUT2D eigenvalue weighted by atomic mass is 35.5. The first-order valence-electron chi connectivity index (χ1n) is 5.86. The average molecular weight is 319 g/mol. The molecule has 0 aromatic heterocycles. The van der Waals surface area contributed by atoms with Gasteiger partial charge in [-0.1, -0.05) is 18.5 Å². The Hall–Kier alpha value is -1.60. The summed E-state index contributed by atoms with van der Waals surface area (Å²) in [4.78, 5) is 22.4. The molecule has 1 unspecified atom stereocenters. The molecule has 0 saturated heterocycles. The quantitative estimate of drug-likeness (QED) is 0.746. The Morgan fingerprint density at radius 1 is 1.35 bits per heavy atom. The fourth-order valence-corrected chi connectivity index (χ4v) is 2.24. The summed E-state index contributed by atoms with van der Waals surface area (Å²) in [5.74, 6) is -0.214. The molecule has 20 heavy (non-hydrogen) atoms. The molecule has 3 N–H and O–H groups in total. The van der Waals surface area contributed by atoms with Crippen LogP contribution in [0.5, 0.6) is 0 Å². The molecule has 0 aliphatic heterocycles. The first-order valence-corrected chi connectivity index (χ1v) is 7.72. The zero-order valence-electron chi connectivity index (χ0n) is 10.8. The third-order valence-electron chi connectivity index (χ3n) is 2.34. The molecule has 0 heterocycles. The molecule has 2 amide bonds. The van der Waals surface area contributed by atoms with Crippen LogP contribution in [0.15, 0.2) is 18.2 Å². The third kappa shape index (κ3) is 5.58. The normalized spacial score (nSPS) is 11.7. The molecule has 1 atom stereocenters. The summed E-state index contributed by atoms with van der Waals surface area (Å²) in [5.41, 5.74) is 0.268. The number of benzene rings is 1. The topological polar surface area (TPSA) is 95.5 Å². The summed E-state index contributed by atoms with van der Waals surface area (Å²) >= 11 is 5.77. The van der Waals surface area contributed by atoms with E-state index >= 15 is 0 Å². The summed E-state index contributed by atoms with van der Waals surface area (Å²) in [7, 11) is -0.945. The fourth-order valence-electron chi connectivity index (χ4n) is 1.38. The molecule has 0 spiro atoms. The van der Waals surface area contributed by atoms with E-state index in [1.807, 2.05) is 0 Å². The van der Waals surface area contributed by atoms with E-state index in [4.69, 9.17) is 16.7 Å². The number of amides is 2. The standard InChI is InChI=1S/C12H15ClN2O4S/c1-2-20(19)4-3-14-12(18)15-10-6-8(11(16)17)5-9(13)7-10/h5-7H,2-4H2,1H3,(H,16,17)(H2,14,15,18). The maximum atomic E-state index is 11.6. The van der Waals surface area contributed by atoms with Gasteiger partial charge in [0.25, 0.3) is 0 Å². The predicted molar refractivity (Wildman–Crippen MR) is 79.0 cm³/mol. The van der Waals surface area contributed by atoms with Gasteiger partial charge >= 0.3 is 12.0 Å². The van der Waals surface area contributed by atoms with Crippen LogP contribution in [0.1, 0.15) is 17.3 Å². The van der Waals surface area contributed by atoms with Crippen molar-refractivity contribution < 1.29 is 18.9 Å². The van der Waals surface area contributed by atoms with Crippen molar-refractivity contribution >= 4 is 40.1 Å². The highest BCUT2D eigenvalue weighted by Crippen LogP contribution is 2.19. The van der Waals surface area contributed by atoms with Crippen molar-refractivity contribution in [1.82, 2.24) is 5.32 Å². The Kier molecular flexibility index (Phi) is 6.47. The van der Waals surface area contributed by atoms with E-state index in [0.29, 0.717) is 11.5 Å². The first-order chi connectivity index (χ1) is 9.42. The van der Waals surface area contributed by atoms with E-state index in [-0.39, 0.29) is 22.8 Å². The number of halogens is 1. The van der Waals surface area contributed by atoms with Gasteiger partial charge in [-0.2, -0.15) is 0 Å². The Morgan fingerprint density at radius 3 is 2.65 bits per heavy atom. The minimum atomic E-state index is -1.13. The van der Waals surface area contributed by atoms with Crippen LogP contribution in [0.25, 0.3) is 0 Å². The number of urea groups is 1. The van der Waals surface area contributed by atoms with Crippen LogP contribution in [-0.2, 0) is 10.8 Å². The molecule has 0 fully saturated rings. The van der Waals surface area contributed by atoms with Crippen LogP contribution in [0.2, 0.25) is 5.02 Å². The fraction of sp³-hybridized carbons (Fsp3) is 0.333. The van der Waals surface area contributed by atoms with Crippen LogP contribution in [-0.4, -0.2) is 39.4 Å². The second-order valence-corrected chi connectivity index (χ2v) is 6.15. The van der Waals surface area contributed by atoms with Gasteiger partial charge in [0, 0.05) is 39.6 Å². The molecule has 6 nitrogen and oxygen atoms in total. The van der Waals surface area contributed by atoms with Gasteiger partial charge in [0.05, 0.1) is 5.56 Å². The van der Waals surface area contributed by atoms with Crippen molar-refractivity contribution in [3.63, 3.8) is 0 Å². The molecular formula is C12H15ClN2O4S. The Bertz CT molecular complexity index is 536. The molecule has 0 aliphatic rings. The Morgan fingerprint density at radius 2 is 2.05 bits per heavy atom. The van der Waals surface area contributed by atoms with Crippen LogP contribution >= 0.6 is 11.6 Å². The number of nitrogens with one attached hydrogen (secondary N) is 2. The summed E-state index contributed by atoms with van der Waals surface area (Å²) < 4.78 is 11.2. The lowest BCUT2D eigenvalue weighted by Gasteiger charge is -2.08. The van der Waals surface area contributed by atoms with E-state index in [1.165, 1.54) is 18.2 Å². The minimum absolute atomic E-state index is 0.0140. The molecule has 1 aromatic rings. The Balaban J connectivity index is 2.57. The summed E-state index contributed by atoms with van der Waals surface area (Å²) in [6.07, 6.45) is 0. The molecule has 0 bridgehead atoms. The largest absolute Gasteiger partial charge is 0.478 e. The Labute approximate surface area is 124 Å². The zero-order valence-corrected chi connectivity index (χ0v) is 12.4. The monoisotopic (exact) mass is 318 g/mol. The van der Waals surface area contributed by atoms with Gasteiger partial charge in [-0.05, 0) is 18.2 Å². The van der Waals surface area contributed by atoms with Crippen molar-refractivity contribution in [1.29, 1.82) is 0 Å². The van der Waals surface area contributed by atoms with Crippen molar-refractivity contribution in [2.45, 2.75) is 6.92 Å². The second-order valence-electron chi connectivity index (χ2n) is 3.85. The molecule has 1 rings (SSSR count). The predicted octanol–water partition coefficient (Wildman–Crippen LogP) is 1.93. The molecule has 0 radical (unpaired) electrons. The van der Waals surface area contributed by atoms with E-state index < -0.39 is 22.8 Å². The number of hydrogen-bond acceptors (Lipinski definition) is 3. The lowest BCUT2D eigenvalue weighted by molar-refractivity contribution is 0.0697. The molecule has 0 aliphatic carbocycles. The average Bonchev–Trinajstić information content (AvgIpc) is 2.37. The second kappa shape index (κ2) is 7.86. The molecule has 8 heteroatoms. The van der Waals surface area contributed by atoms with Crippen LogP contribution in [0.3, 0.4) is 0 Å². The number of anilines is 1. The number of hydrogen-bond donors (Lipinski definition) is 3. The number of aromatic carboxylic acids is 1. The smallest absolute Gasteiger partial charge is 0.335 e. The number of carbonyl (C=O) groups excluding carboxylic acids is 1. The summed E-state index contributed by atoms with van der Waals surface area (Å²) in [6, 6.07) is 3.53. The van der Waals surface area contributed by atoms with Crippen LogP contribution in [0.4, 0.5) is 10.5 Å². The lowest BCUT2D eigenvalue weighted by Crippen LogP contribution is -2.32. The van der Waals surface area contributed by atoms with Gasteiger partial charge in [0.2, 0.25) is 0 Å². The minimum Gasteiger partial charge on any atom is -0.478 e. The zero-order chi connectivity index (χ0) is 15.1. The van der Waals surface area contributed by atoms with Crippen molar-refractivity contribution in [2.24, 2.45) is 0 Å². The van der Waals surface area contributed by atoms with E-state index in [2.05, 4.69) is 10.6 Å². The van der Waals surface area contributed by atoms with Gasteiger partial charge in [-0.25, -0.2) is 9.59 Å². The summed E-state index contributed by atoms with van der Waals surface area (Å²) in [6.45, 7) is 2.08. The van der Waals surface area contributed by atoms with Crippen LogP contribution < -0.4 is 10.6 Å². The van der Waals surface area contributed by atoms with E-state index in [9.17, 15) is 13.8 Å². The molecule has 1 aromatic carbocycles. The van der Waals surface area contributed by atoms with Gasteiger partial charge in [-0.3, -0.25) is 4.21 Å². The molecule has 110 valence electrons.